The molecule has 3 aromatic rings. The lowest BCUT2D eigenvalue weighted by atomic mass is 9.74. The second-order valence-corrected chi connectivity index (χ2v) is 16.0. The van der Waals surface area contributed by atoms with E-state index in [2.05, 4.69) is 14.4 Å². The van der Waals surface area contributed by atoms with Crippen molar-refractivity contribution in [3.05, 3.63) is 47.7 Å². The summed E-state index contributed by atoms with van der Waals surface area (Å²) in [6.07, 6.45) is -0.805. The smallest absolute Gasteiger partial charge is 0.489 e. The number of aryl methyl sites for hydroxylation is 2. The highest BCUT2D eigenvalue weighted by atomic mass is 32.3. The molecular weight excluding hydrogens is 806 g/mol. The number of carbonyl (C=O) groups is 3. The highest BCUT2D eigenvalue weighted by Crippen LogP contribution is 2.47. The Morgan fingerprint density at radius 3 is 2.33 bits per heavy atom. The van der Waals surface area contributed by atoms with E-state index in [1.54, 1.807) is 12.1 Å². The van der Waals surface area contributed by atoms with Crippen molar-refractivity contribution in [2.24, 2.45) is 23.9 Å². The Labute approximate surface area is 315 Å². The molecule has 4 rings (SSSR count). The van der Waals surface area contributed by atoms with E-state index < -0.39 is 77.9 Å². The number of hydrogen-bond donors (Lipinski definition) is 5. The van der Waals surface area contributed by atoms with Crippen LogP contribution in [0, 0.1) is 5.92 Å². The zero-order chi connectivity index (χ0) is 41.5. The summed E-state index contributed by atoms with van der Waals surface area (Å²) in [5.74, 6) is -6.90. The van der Waals surface area contributed by atoms with Crippen LogP contribution in [0.3, 0.4) is 0 Å². The van der Waals surface area contributed by atoms with E-state index in [9.17, 15) is 40.6 Å². The number of Topliss-reactive ketones (excluding diaryl/α,β-unsaturated/α-hetero) is 1. The highest BCUT2D eigenvalue weighted by molar-refractivity contribution is 7.80. The monoisotopic (exact) mass is 844 g/mol. The number of thiazole rings is 1. The van der Waals surface area contributed by atoms with Gasteiger partial charge in [-0.2, -0.15) is 31.3 Å². The molecule has 55 heavy (non-hydrogen) atoms. The van der Waals surface area contributed by atoms with E-state index in [0.29, 0.717) is 17.4 Å². The normalized spacial score (nSPS) is 17.3. The van der Waals surface area contributed by atoms with E-state index in [1.807, 2.05) is 40.9 Å². The number of carbonyl (C=O) groups excluding carboxylic acids is 2. The maximum atomic E-state index is 13.4. The van der Waals surface area contributed by atoms with Crippen molar-refractivity contribution in [2.75, 3.05) is 26.0 Å². The van der Waals surface area contributed by atoms with Gasteiger partial charge in [-0.1, -0.05) is 17.3 Å². The van der Waals surface area contributed by atoms with E-state index >= 15 is 0 Å². The maximum absolute atomic E-state index is 13.4. The number of nitrogens with two attached hydrogens (primary N) is 2. The molecule has 2 aromatic heterocycles. The minimum atomic E-state index is -5.08. The highest BCUT2D eigenvalue weighted by Gasteiger charge is 2.57. The molecule has 0 aliphatic carbocycles. The molecule has 3 atom stereocenters. The third-order valence-electron chi connectivity index (χ3n) is 7.79. The lowest BCUT2D eigenvalue weighted by Crippen LogP contribution is -2.68. The Kier molecular flexibility index (Phi) is 14.7. The van der Waals surface area contributed by atoms with Crippen molar-refractivity contribution in [3.63, 3.8) is 0 Å². The molecule has 7 N–H and O–H groups in total. The number of ketones is 1. The van der Waals surface area contributed by atoms with Gasteiger partial charge in [-0.3, -0.25) is 18.7 Å². The number of benzene rings is 1. The van der Waals surface area contributed by atoms with Crippen LogP contribution in [0.2, 0.25) is 0 Å². The fourth-order valence-corrected chi connectivity index (χ4v) is 6.46. The number of nitrogens with zero attached hydrogens (tertiary/aromatic N) is 5. The molecule has 3 heterocycles. The molecule has 1 saturated heterocycles. The summed E-state index contributed by atoms with van der Waals surface area (Å²) in [4.78, 5) is 54.9. The quantitative estimate of drug-likeness (QED) is 0.0324. The van der Waals surface area contributed by atoms with Crippen molar-refractivity contribution in [2.45, 2.75) is 50.8 Å². The Balaban J connectivity index is 0.00000106. The van der Waals surface area contributed by atoms with Gasteiger partial charge in [0.1, 0.15) is 18.1 Å². The Hall–Kier alpha value is -4.49. The summed E-state index contributed by atoms with van der Waals surface area (Å²) in [6, 6.07) is 6.97. The number of carboxylic acid groups (broad SMARTS) is 1. The van der Waals surface area contributed by atoms with Gasteiger partial charge in [0.2, 0.25) is 6.20 Å². The molecule has 1 aromatic carbocycles. The molecule has 1 fully saturated rings. The number of aromatic nitrogens is 3. The summed E-state index contributed by atoms with van der Waals surface area (Å²) in [6.45, 7) is 3.67. The number of aliphatic carboxylic acids is 1. The summed E-state index contributed by atoms with van der Waals surface area (Å²) in [5.41, 5.74) is 11.4. The number of β-lactam (4-membered cyclic amide) rings is 1. The number of ether oxygens (including phenoxy) is 1. The van der Waals surface area contributed by atoms with E-state index in [4.69, 9.17) is 40.0 Å². The Bertz CT molecular complexity index is 2040. The first-order chi connectivity index (χ1) is 25.4. The van der Waals surface area contributed by atoms with Crippen molar-refractivity contribution < 1.29 is 78.2 Å². The average Bonchev–Trinajstić information content (AvgIpc) is 3.70. The number of carboxylic acids is 1. The van der Waals surface area contributed by atoms with Crippen LogP contribution < -0.4 is 20.9 Å². The van der Waals surface area contributed by atoms with Gasteiger partial charge in [0.05, 0.1) is 29.8 Å². The van der Waals surface area contributed by atoms with Crippen LogP contribution in [0.25, 0.3) is 11.1 Å². The lowest BCUT2D eigenvalue weighted by Gasteiger charge is -2.50. The van der Waals surface area contributed by atoms with Crippen LogP contribution >= 0.6 is 18.9 Å². The molecule has 304 valence electrons. The van der Waals surface area contributed by atoms with Crippen LogP contribution in [-0.2, 0) is 56.6 Å². The standard InChI is InChI=1S/C27H36N7O11PS2.C2HF3O2/c1-27(2)20(25(36)34(27)45-48(39,40)41)12-22(35)24(21-16-47-26(29)30-21)31-44-23(46(37,38)42-4)15-43-19-8-6-17(7-9-19)18-13-32(3)33(14-18)11-5-10-28;3-2(4,5)1(6)7/h6-9,13-14,16,20,23H,5,10-12,15,28H2,1-4H3,(H3-,29,30,37,38,39,40,41);(H,6,7)/p+1/b31-24-;/t20-,23-;/m1./s1. The largest absolute Gasteiger partial charge is 0.490 e. The summed E-state index contributed by atoms with van der Waals surface area (Å²) in [5, 5.41) is 12.9. The predicted molar refractivity (Wildman–Crippen MR) is 185 cm³/mol. The molecule has 20 nitrogen and oxygen atoms in total. The molecule has 0 saturated carbocycles. The van der Waals surface area contributed by atoms with Gasteiger partial charge in [-0.05, 0) is 44.5 Å². The van der Waals surface area contributed by atoms with Gasteiger partial charge in [-0.15, -0.1) is 20.3 Å². The second kappa shape index (κ2) is 18.0. The SMILES string of the molecule is COP(=O)(O)[C@H](COc1ccc(-c2cn(CCCN)[n+](C)c2)cc1)O/N=C(\C(=O)C[C@@H]1C(=O)N(OS(=O)(=O)O)C1(C)C)c1csc(N)n1.O=C(O)C(F)(F)F. The lowest BCUT2D eigenvalue weighted by molar-refractivity contribution is -0.753. The number of oxime groups is 1. The molecule has 0 bridgehead atoms. The molecule has 1 unspecified atom stereocenters. The number of alkyl halides is 3. The Morgan fingerprint density at radius 1 is 1.22 bits per heavy atom. The number of hydroxylamine groups is 2. The number of hydrogen-bond acceptors (Lipinski definition) is 15. The Morgan fingerprint density at radius 2 is 1.84 bits per heavy atom. The zero-order valence-corrected chi connectivity index (χ0v) is 32.0. The minimum Gasteiger partial charge on any atom is -0.489 e. The number of amides is 1. The van der Waals surface area contributed by atoms with E-state index in [1.165, 1.54) is 19.2 Å². The predicted octanol–water partition coefficient (Wildman–Crippen LogP) is 1.89. The van der Waals surface area contributed by atoms with E-state index in [-0.39, 0.29) is 10.8 Å². The maximum Gasteiger partial charge on any atom is 0.490 e. The fourth-order valence-electron chi connectivity index (χ4n) is 4.80. The molecule has 1 aliphatic heterocycles. The van der Waals surface area contributed by atoms with Crippen LogP contribution in [0.15, 0.2) is 47.2 Å². The van der Waals surface area contributed by atoms with Crippen LogP contribution in [0.5, 0.6) is 5.75 Å². The fraction of sp³-hybridized carbons (Fsp3) is 0.448. The second-order valence-electron chi connectivity index (χ2n) is 12.0. The third kappa shape index (κ3) is 12.0. The van der Waals surface area contributed by atoms with E-state index in [0.717, 1.165) is 42.5 Å². The van der Waals surface area contributed by atoms with Gasteiger partial charge >= 0.3 is 30.1 Å². The average molecular weight is 845 g/mol. The summed E-state index contributed by atoms with van der Waals surface area (Å²) >= 11 is 0.980. The van der Waals surface area contributed by atoms with Crippen molar-refractivity contribution in [3.8, 4) is 16.9 Å². The van der Waals surface area contributed by atoms with Gasteiger partial charge in [0, 0.05) is 18.9 Å². The molecule has 26 heteroatoms. The van der Waals surface area contributed by atoms with Crippen LogP contribution in [-0.4, -0.2) is 98.9 Å². The molecule has 0 radical (unpaired) electrons. The van der Waals surface area contributed by atoms with Crippen LogP contribution in [0.1, 0.15) is 32.4 Å². The van der Waals surface area contributed by atoms with Crippen LogP contribution in [0.4, 0.5) is 18.3 Å². The summed E-state index contributed by atoms with van der Waals surface area (Å²) in [7, 11) is -6.61. The topological polar surface area (TPSA) is 289 Å². The van der Waals surface area contributed by atoms with Gasteiger partial charge < -0.3 is 35.6 Å². The van der Waals surface area contributed by atoms with Crippen molar-refractivity contribution >= 4 is 57.8 Å². The number of nitrogen functional groups attached to an aromatic ring is 1. The van der Waals surface area contributed by atoms with Gasteiger partial charge in [0.15, 0.2) is 23.7 Å². The first-order valence-corrected chi connectivity index (χ1v) is 19.5. The third-order valence-corrected chi connectivity index (χ3v) is 10.3. The molecule has 0 spiro atoms. The minimum absolute atomic E-state index is 0.0381. The first-order valence-electron chi connectivity index (χ1n) is 15.6. The zero-order valence-electron chi connectivity index (χ0n) is 29.4. The number of anilines is 1. The summed E-state index contributed by atoms with van der Waals surface area (Å²) < 4.78 is 94.7. The number of rotatable bonds is 17. The van der Waals surface area contributed by atoms with Gasteiger partial charge in [-0.25, -0.2) is 9.78 Å². The first kappa shape index (κ1) is 44.9. The van der Waals surface area contributed by atoms with Gasteiger partial charge in [0.25, 0.3) is 11.8 Å². The van der Waals surface area contributed by atoms with Crippen molar-refractivity contribution in [1.29, 1.82) is 0 Å². The molecule has 1 amide bonds. The molecular formula is C29H38F3N7O13PS2+. The molecule has 1 aliphatic rings. The number of halogens is 3. The van der Waals surface area contributed by atoms with Crippen molar-refractivity contribution in [1.82, 2.24) is 14.7 Å².